The summed E-state index contributed by atoms with van der Waals surface area (Å²) in [6.07, 6.45) is 1.76. The number of para-hydroxylation sites is 1. The molecule has 0 radical (unpaired) electrons. The zero-order valence-electron chi connectivity index (χ0n) is 14.2. The Hall–Kier alpha value is -2.40. The molecule has 1 amide bonds. The maximum Gasteiger partial charge on any atom is 0.229 e. The Kier molecular flexibility index (Phi) is 4.40. The van der Waals surface area contributed by atoms with Gasteiger partial charge >= 0.3 is 0 Å². The van der Waals surface area contributed by atoms with Crippen molar-refractivity contribution in [2.75, 3.05) is 23.3 Å². The SMILES string of the molecule is Cc1ccc2nc(NC(=O)C3CCN(c4ccccc4)CC3)sc2c1. The van der Waals surface area contributed by atoms with Crippen LogP contribution in [-0.2, 0) is 4.79 Å². The molecule has 1 aromatic heterocycles. The summed E-state index contributed by atoms with van der Waals surface area (Å²) in [6, 6.07) is 16.6. The number of hydrogen-bond donors (Lipinski definition) is 1. The summed E-state index contributed by atoms with van der Waals surface area (Å²) in [6.45, 7) is 3.90. The Balaban J connectivity index is 1.38. The van der Waals surface area contributed by atoms with E-state index < -0.39 is 0 Å². The van der Waals surface area contributed by atoms with Crippen molar-refractivity contribution < 1.29 is 4.79 Å². The van der Waals surface area contributed by atoms with E-state index in [0.717, 1.165) is 36.1 Å². The van der Waals surface area contributed by atoms with Crippen LogP contribution in [0.1, 0.15) is 18.4 Å². The lowest BCUT2D eigenvalue weighted by atomic mass is 9.95. The first kappa shape index (κ1) is 16.1. The number of amides is 1. The molecule has 2 aromatic carbocycles. The summed E-state index contributed by atoms with van der Waals surface area (Å²) in [5.74, 6) is 0.164. The maximum atomic E-state index is 12.6. The Bertz CT molecular complexity index is 882. The Labute approximate surface area is 151 Å². The highest BCUT2D eigenvalue weighted by molar-refractivity contribution is 7.22. The zero-order valence-corrected chi connectivity index (χ0v) is 15.1. The fraction of sp³-hybridized carbons (Fsp3) is 0.300. The molecule has 25 heavy (non-hydrogen) atoms. The molecular formula is C20H21N3OS. The van der Waals surface area contributed by atoms with Crippen LogP contribution >= 0.6 is 11.3 Å². The minimum Gasteiger partial charge on any atom is -0.371 e. The molecule has 0 unspecified atom stereocenters. The molecule has 5 heteroatoms. The van der Waals surface area contributed by atoms with Crippen molar-refractivity contribution in [1.29, 1.82) is 0 Å². The standard InChI is InChI=1S/C20H21N3OS/c1-14-7-8-17-18(13-14)25-20(21-17)22-19(24)15-9-11-23(12-10-15)16-5-3-2-4-6-16/h2-8,13,15H,9-12H2,1H3,(H,21,22,24). The Morgan fingerprint density at radius 3 is 2.68 bits per heavy atom. The van der Waals surface area contributed by atoms with Gasteiger partial charge in [-0.25, -0.2) is 4.98 Å². The summed E-state index contributed by atoms with van der Waals surface area (Å²) in [5, 5.41) is 3.73. The number of anilines is 2. The van der Waals surface area contributed by atoms with Gasteiger partial charge in [0, 0.05) is 24.7 Å². The van der Waals surface area contributed by atoms with Gasteiger partial charge in [0.2, 0.25) is 5.91 Å². The summed E-state index contributed by atoms with van der Waals surface area (Å²) in [4.78, 5) is 19.5. The summed E-state index contributed by atoms with van der Waals surface area (Å²) < 4.78 is 1.12. The van der Waals surface area contributed by atoms with E-state index in [2.05, 4.69) is 52.5 Å². The van der Waals surface area contributed by atoms with E-state index in [4.69, 9.17) is 0 Å². The van der Waals surface area contributed by atoms with Gasteiger partial charge in [-0.2, -0.15) is 0 Å². The second kappa shape index (κ2) is 6.84. The molecule has 0 atom stereocenters. The number of aromatic nitrogens is 1. The lowest BCUT2D eigenvalue weighted by Gasteiger charge is -2.32. The van der Waals surface area contributed by atoms with Gasteiger partial charge in [0.05, 0.1) is 10.2 Å². The highest BCUT2D eigenvalue weighted by atomic mass is 32.1. The van der Waals surface area contributed by atoms with Crippen LogP contribution < -0.4 is 10.2 Å². The van der Waals surface area contributed by atoms with E-state index in [0.29, 0.717) is 5.13 Å². The fourth-order valence-corrected chi connectivity index (χ4v) is 4.30. The molecule has 2 heterocycles. The quantitative estimate of drug-likeness (QED) is 0.758. The Morgan fingerprint density at radius 2 is 1.92 bits per heavy atom. The molecule has 1 fully saturated rings. The second-order valence-corrected chi connectivity index (χ2v) is 7.61. The molecule has 0 aliphatic carbocycles. The van der Waals surface area contributed by atoms with Gasteiger partial charge < -0.3 is 10.2 Å². The summed E-state index contributed by atoms with van der Waals surface area (Å²) in [7, 11) is 0. The summed E-state index contributed by atoms with van der Waals surface area (Å²) >= 11 is 1.55. The highest BCUT2D eigenvalue weighted by Gasteiger charge is 2.25. The molecular weight excluding hydrogens is 330 g/mol. The van der Waals surface area contributed by atoms with Gasteiger partial charge in [-0.15, -0.1) is 0 Å². The van der Waals surface area contributed by atoms with E-state index in [1.54, 1.807) is 11.3 Å². The van der Waals surface area contributed by atoms with Crippen LogP contribution in [0.2, 0.25) is 0 Å². The number of carbonyl (C=O) groups is 1. The molecule has 128 valence electrons. The molecule has 1 saturated heterocycles. The monoisotopic (exact) mass is 351 g/mol. The predicted octanol–water partition coefficient (Wildman–Crippen LogP) is 4.46. The largest absolute Gasteiger partial charge is 0.371 e. The fourth-order valence-electron chi connectivity index (χ4n) is 3.33. The van der Waals surface area contributed by atoms with Crippen molar-refractivity contribution >= 4 is 38.3 Å². The van der Waals surface area contributed by atoms with Crippen molar-refractivity contribution in [2.45, 2.75) is 19.8 Å². The number of benzene rings is 2. The number of rotatable bonds is 3. The molecule has 0 bridgehead atoms. The van der Waals surface area contributed by atoms with E-state index in [1.165, 1.54) is 11.3 Å². The molecule has 1 aliphatic heterocycles. The van der Waals surface area contributed by atoms with Crippen LogP contribution in [-0.4, -0.2) is 24.0 Å². The minimum atomic E-state index is 0.0636. The Morgan fingerprint density at radius 1 is 1.16 bits per heavy atom. The molecule has 4 nitrogen and oxygen atoms in total. The number of carbonyl (C=O) groups excluding carboxylic acids is 1. The van der Waals surface area contributed by atoms with Gasteiger partial charge in [0.15, 0.2) is 5.13 Å². The average Bonchev–Trinajstić information content (AvgIpc) is 3.04. The van der Waals surface area contributed by atoms with Crippen LogP contribution in [0.15, 0.2) is 48.5 Å². The average molecular weight is 351 g/mol. The lowest BCUT2D eigenvalue weighted by Crippen LogP contribution is -2.38. The number of fused-ring (bicyclic) bond motifs is 1. The van der Waals surface area contributed by atoms with Gasteiger partial charge in [-0.1, -0.05) is 35.6 Å². The van der Waals surface area contributed by atoms with E-state index in [-0.39, 0.29) is 11.8 Å². The first-order valence-corrected chi connectivity index (χ1v) is 9.49. The third-order valence-electron chi connectivity index (χ3n) is 4.76. The van der Waals surface area contributed by atoms with Crippen molar-refractivity contribution in [2.24, 2.45) is 5.92 Å². The molecule has 3 aromatic rings. The maximum absolute atomic E-state index is 12.6. The van der Waals surface area contributed by atoms with Crippen LogP contribution in [0, 0.1) is 12.8 Å². The zero-order chi connectivity index (χ0) is 17.2. The summed E-state index contributed by atoms with van der Waals surface area (Å²) in [5.41, 5.74) is 3.40. The topological polar surface area (TPSA) is 45.2 Å². The van der Waals surface area contributed by atoms with Crippen LogP contribution in [0.5, 0.6) is 0 Å². The third kappa shape index (κ3) is 3.51. The number of aryl methyl sites for hydroxylation is 1. The van der Waals surface area contributed by atoms with Crippen LogP contribution in [0.4, 0.5) is 10.8 Å². The van der Waals surface area contributed by atoms with Gasteiger partial charge in [0.1, 0.15) is 0 Å². The second-order valence-electron chi connectivity index (χ2n) is 6.58. The van der Waals surface area contributed by atoms with Crippen molar-refractivity contribution in [3.63, 3.8) is 0 Å². The smallest absolute Gasteiger partial charge is 0.229 e. The number of nitrogens with one attached hydrogen (secondary N) is 1. The molecule has 0 saturated carbocycles. The van der Waals surface area contributed by atoms with Crippen LogP contribution in [0.25, 0.3) is 10.2 Å². The number of nitrogens with zero attached hydrogens (tertiary/aromatic N) is 2. The predicted molar refractivity (Wildman–Crippen MR) is 104 cm³/mol. The minimum absolute atomic E-state index is 0.0636. The van der Waals surface area contributed by atoms with Crippen LogP contribution in [0.3, 0.4) is 0 Å². The normalized spacial score (nSPS) is 15.5. The molecule has 1 aliphatic rings. The van der Waals surface area contributed by atoms with Crippen molar-refractivity contribution in [3.8, 4) is 0 Å². The molecule has 1 N–H and O–H groups in total. The van der Waals surface area contributed by atoms with Gasteiger partial charge in [0.25, 0.3) is 0 Å². The van der Waals surface area contributed by atoms with E-state index in [1.807, 2.05) is 18.2 Å². The molecule has 0 spiro atoms. The highest BCUT2D eigenvalue weighted by Crippen LogP contribution is 2.28. The van der Waals surface area contributed by atoms with Gasteiger partial charge in [-0.3, -0.25) is 4.79 Å². The van der Waals surface area contributed by atoms with Crippen molar-refractivity contribution in [1.82, 2.24) is 4.98 Å². The first-order chi connectivity index (χ1) is 12.2. The van der Waals surface area contributed by atoms with E-state index in [9.17, 15) is 4.79 Å². The van der Waals surface area contributed by atoms with Crippen molar-refractivity contribution in [3.05, 3.63) is 54.1 Å². The van der Waals surface area contributed by atoms with E-state index >= 15 is 0 Å². The number of piperidine rings is 1. The first-order valence-electron chi connectivity index (χ1n) is 8.67. The molecule has 4 rings (SSSR count). The number of hydrogen-bond acceptors (Lipinski definition) is 4. The van der Waals surface area contributed by atoms with Gasteiger partial charge in [-0.05, 0) is 49.6 Å². The third-order valence-corrected chi connectivity index (χ3v) is 5.69. The number of thiazole rings is 1. The lowest BCUT2D eigenvalue weighted by molar-refractivity contribution is -0.120.